The van der Waals surface area contributed by atoms with Crippen molar-refractivity contribution in [3.8, 4) is 17.2 Å². The molecule has 174 valence electrons. The molecule has 1 aliphatic heterocycles. The van der Waals surface area contributed by atoms with Crippen LogP contribution in [0, 0.1) is 5.92 Å². The minimum Gasteiger partial charge on any atom is -0.497 e. The molecule has 1 aliphatic rings. The maximum atomic E-state index is 13.2. The first-order valence-corrected chi connectivity index (χ1v) is 11.6. The molecule has 0 aliphatic carbocycles. The zero-order valence-corrected chi connectivity index (χ0v) is 18.3. The van der Waals surface area contributed by atoms with Crippen LogP contribution in [0.2, 0.25) is 0 Å². The average molecular weight is 472 g/mol. The van der Waals surface area contributed by atoms with Gasteiger partial charge >= 0.3 is 6.18 Å². The van der Waals surface area contributed by atoms with Crippen LogP contribution in [0.5, 0.6) is 17.2 Å². The highest BCUT2D eigenvalue weighted by Crippen LogP contribution is 2.38. The van der Waals surface area contributed by atoms with Crippen LogP contribution < -0.4 is 14.8 Å². The second-order valence-electron chi connectivity index (χ2n) is 7.42. The number of nitrogens with one attached hydrogen (secondary N) is 1. The van der Waals surface area contributed by atoms with Gasteiger partial charge in [0.2, 0.25) is 15.9 Å². The molecule has 0 aromatic heterocycles. The van der Waals surface area contributed by atoms with Crippen molar-refractivity contribution in [3.63, 3.8) is 0 Å². The lowest BCUT2D eigenvalue weighted by atomic mass is 9.97. The van der Waals surface area contributed by atoms with E-state index in [1.165, 1.54) is 11.4 Å². The summed E-state index contributed by atoms with van der Waals surface area (Å²) in [6.07, 6.45) is -2.97. The van der Waals surface area contributed by atoms with Crippen LogP contribution in [0.4, 0.5) is 18.9 Å². The Labute approximate surface area is 184 Å². The normalized spacial score (nSPS) is 15.9. The summed E-state index contributed by atoms with van der Waals surface area (Å²) in [5, 5.41) is 2.53. The number of hydrogen-bond acceptors (Lipinski definition) is 5. The maximum Gasteiger partial charge on any atom is 0.416 e. The summed E-state index contributed by atoms with van der Waals surface area (Å²) in [6.45, 7) is 0.347. The number of rotatable bonds is 6. The molecule has 0 saturated carbocycles. The van der Waals surface area contributed by atoms with Crippen molar-refractivity contribution in [2.75, 3.05) is 31.8 Å². The number of anilines is 1. The van der Waals surface area contributed by atoms with Crippen LogP contribution in [-0.4, -0.2) is 45.1 Å². The van der Waals surface area contributed by atoms with Gasteiger partial charge in [-0.25, -0.2) is 12.7 Å². The topological polar surface area (TPSA) is 84.9 Å². The highest BCUT2D eigenvalue weighted by Gasteiger charge is 2.33. The monoisotopic (exact) mass is 472 g/mol. The molecular weight excluding hydrogens is 449 g/mol. The Morgan fingerprint density at radius 3 is 2.34 bits per heavy atom. The number of sulfonamides is 1. The lowest BCUT2D eigenvalue weighted by molar-refractivity contribution is -0.137. The van der Waals surface area contributed by atoms with Gasteiger partial charge in [0.05, 0.1) is 24.6 Å². The highest BCUT2D eigenvalue weighted by atomic mass is 32.2. The van der Waals surface area contributed by atoms with Gasteiger partial charge in [0, 0.05) is 25.1 Å². The fourth-order valence-electron chi connectivity index (χ4n) is 3.37. The fraction of sp³-hybridized carbons (Fsp3) is 0.381. The van der Waals surface area contributed by atoms with Gasteiger partial charge in [-0.05, 0) is 43.2 Å². The van der Waals surface area contributed by atoms with E-state index < -0.39 is 33.6 Å². The zero-order valence-electron chi connectivity index (χ0n) is 17.5. The van der Waals surface area contributed by atoms with Gasteiger partial charge in [0.1, 0.15) is 11.5 Å². The van der Waals surface area contributed by atoms with E-state index in [4.69, 9.17) is 9.47 Å². The van der Waals surface area contributed by atoms with Crippen LogP contribution in [-0.2, 0) is 21.0 Å². The first kappa shape index (κ1) is 23.9. The minimum atomic E-state index is -4.60. The maximum absolute atomic E-state index is 13.2. The SMILES string of the molecule is COc1cccc(Oc2ccc(C(F)(F)F)cc2NC(=O)C2CCN(S(C)(=O)=O)CC2)c1. The summed E-state index contributed by atoms with van der Waals surface area (Å²) < 4.78 is 75.1. The number of amides is 1. The van der Waals surface area contributed by atoms with Gasteiger partial charge < -0.3 is 14.8 Å². The molecule has 1 fully saturated rings. The molecule has 7 nitrogen and oxygen atoms in total. The second-order valence-corrected chi connectivity index (χ2v) is 9.40. The molecule has 32 heavy (non-hydrogen) atoms. The summed E-state index contributed by atoms with van der Waals surface area (Å²) in [7, 11) is -1.89. The molecule has 0 unspecified atom stereocenters. The Morgan fingerprint density at radius 1 is 1.09 bits per heavy atom. The Balaban J connectivity index is 1.82. The van der Waals surface area contributed by atoms with E-state index >= 15 is 0 Å². The number of nitrogens with zero attached hydrogens (tertiary/aromatic N) is 1. The Morgan fingerprint density at radius 2 is 1.75 bits per heavy atom. The second kappa shape index (κ2) is 9.37. The van der Waals surface area contributed by atoms with Crippen LogP contribution in [0.15, 0.2) is 42.5 Å². The molecular formula is C21H23F3N2O5S. The largest absolute Gasteiger partial charge is 0.497 e. The first-order chi connectivity index (χ1) is 15.0. The van der Waals surface area contributed by atoms with Crippen molar-refractivity contribution in [1.82, 2.24) is 4.31 Å². The Hall–Kier alpha value is -2.79. The van der Waals surface area contributed by atoms with Crippen LogP contribution in [0.25, 0.3) is 0 Å². The molecule has 1 amide bonds. The van der Waals surface area contributed by atoms with Gasteiger partial charge in [-0.2, -0.15) is 13.2 Å². The van der Waals surface area contributed by atoms with E-state index in [2.05, 4.69) is 5.32 Å². The van der Waals surface area contributed by atoms with Crippen LogP contribution in [0.3, 0.4) is 0 Å². The van der Waals surface area contributed by atoms with Gasteiger partial charge in [-0.3, -0.25) is 4.79 Å². The molecule has 0 atom stereocenters. The number of methoxy groups -OCH3 is 1. The number of benzene rings is 2. The van der Waals surface area contributed by atoms with Crippen molar-refractivity contribution < 1.29 is 35.9 Å². The number of halogens is 3. The molecule has 2 aromatic rings. The van der Waals surface area contributed by atoms with Gasteiger partial charge in [-0.15, -0.1) is 0 Å². The predicted octanol–water partition coefficient (Wildman–Crippen LogP) is 4.12. The average Bonchev–Trinajstić information content (AvgIpc) is 2.73. The molecule has 3 rings (SSSR count). The van der Waals surface area contributed by atoms with Crippen LogP contribution >= 0.6 is 0 Å². The van der Waals surface area contributed by atoms with E-state index in [9.17, 15) is 26.4 Å². The number of hydrogen-bond donors (Lipinski definition) is 1. The zero-order chi connectivity index (χ0) is 23.5. The van der Waals surface area contributed by atoms with Gasteiger partial charge in [0.15, 0.2) is 5.75 Å². The number of carbonyl (C=O) groups is 1. The van der Waals surface area contributed by atoms with E-state index in [1.807, 2.05) is 0 Å². The molecule has 1 heterocycles. The predicted molar refractivity (Wildman–Crippen MR) is 112 cm³/mol. The minimum absolute atomic E-state index is 0.0353. The third-order valence-electron chi connectivity index (χ3n) is 5.13. The summed E-state index contributed by atoms with van der Waals surface area (Å²) in [4.78, 5) is 12.8. The molecule has 11 heteroatoms. The Kier molecular flexibility index (Phi) is 6.99. The van der Waals surface area contributed by atoms with Crippen molar-refractivity contribution in [1.29, 1.82) is 0 Å². The number of ether oxygens (including phenoxy) is 2. The van der Waals surface area contributed by atoms with Crippen molar-refractivity contribution in [2.45, 2.75) is 19.0 Å². The lowest BCUT2D eigenvalue weighted by Gasteiger charge is -2.29. The number of alkyl halides is 3. The summed E-state index contributed by atoms with van der Waals surface area (Å²) in [5.41, 5.74) is -1.06. The molecule has 2 aromatic carbocycles. The third kappa shape index (κ3) is 5.92. The van der Waals surface area contributed by atoms with E-state index in [1.54, 1.807) is 24.3 Å². The molecule has 0 radical (unpaired) electrons. The fourth-order valence-corrected chi connectivity index (χ4v) is 4.24. The lowest BCUT2D eigenvalue weighted by Crippen LogP contribution is -2.40. The summed E-state index contributed by atoms with van der Waals surface area (Å²) >= 11 is 0. The van der Waals surface area contributed by atoms with Gasteiger partial charge in [0.25, 0.3) is 0 Å². The smallest absolute Gasteiger partial charge is 0.416 e. The quantitative estimate of drug-likeness (QED) is 0.684. The van der Waals surface area contributed by atoms with Crippen molar-refractivity contribution in [2.24, 2.45) is 5.92 Å². The standard InChI is InChI=1S/C21H23F3N2O5S/c1-30-16-4-3-5-17(13-16)31-19-7-6-15(21(22,23)24)12-18(19)25-20(27)14-8-10-26(11-9-14)32(2,28)29/h3-7,12-14H,8-11H2,1-2H3,(H,25,27). The number of piperidine rings is 1. The Bertz CT molecular complexity index is 1080. The molecule has 1 saturated heterocycles. The van der Waals surface area contributed by atoms with Crippen molar-refractivity contribution >= 4 is 21.6 Å². The number of carbonyl (C=O) groups excluding carboxylic acids is 1. The molecule has 1 N–H and O–H groups in total. The van der Waals surface area contributed by atoms with E-state index in [-0.39, 0.29) is 37.4 Å². The molecule has 0 bridgehead atoms. The van der Waals surface area contributed by atoms with E-state index in [0.717, 1.165) is 24.5 Å². The van der Waals surface area contributed by atoms with E-state index in [0.29, 0.717) is 11.5 Å². The third-order valence-corrected chi connectivity index (χ3v) is 6.43. The highest BCUT2D eigenvalue weighted by molar-refractivity contribution is 7.88. The molecule has 0 spiro atoms. The van der Waals surface area contributed by atoms with Crippen molar-refractivity contribution in [3.05, 3.63) is 48.0 Å². The van der Waals surface area contributed by atoms with Gasteiger partial charge in [-0.1, -0.05) is 6.07 Å². The van der Waals surface area contributed by atoms with Crippen LogP contribution in [0.1, 0.15) is 18.4 Å². The first-order valence-electron chi connectivity index (χ1n) is 9.76. The summed E-state index contributed by atoms with van der Waals surface area (Å²) in [6, 6.07) is 9.34. The summed E-state index contributed by atoms with van der Waals surface area (Å²) in [5.74, 6) is -0.174.